The van der Waals surface area contributed by atoms with Gasteiger partial charge in [-0.05, 0) is 37.3 Å². The van der Waals surface area contributed by atoms with Gasteiger partial charge in [0, 0.05) is 5.69 Å². The molecule has 6 nitrogen and oxygen atoms in total. The van der Waals surface area contributed by atoms with Crippen LogP contribution in [0.1, 0.15) is 6.92 Å². The lowest BCUT2D eigenvalue weighted by Gasteiger charge is -2.32. The van der Waals surface area contributed by atoms with E-state index in [1.54, 1.807) is 43.3 Å². The fraction of sp³-hybridized carbons (Fsp3) is 0.222. The SMILES string of the molecule is COc1ccc(NC(=O)CN2C(=O)C(C)Oc3ccccc32)cc1Cl. The van der Waals surface area contributed by atoms with Crippen molar-refractivity contribution in [3.05, 3.63) is 47.5 Å². The van der Waals surface area contributed by atoms with E-state index >= 15 is 0 Å². The highest BCUT2D eigenvalue weighted by Crippen LogP contribution is 2.33. The maximum absolute atomic E-state index is 12.4. The third-order valence-electron chi connectivity index (χ3n) is 3.81. The molecule has 0 radical (unpaired) electrons. The number of anilines is 2. The second kappa shape index (κ2) is 7.03. The van der Waals surface area contributed by atoms with Gasteiger partial charge in [-0.2, -0.15) is 0 Å². The van der Waals surface area contributed by atoms with E-state index in [4.69, 9.17) is 21.1 Å². The number of carbonyl (C=O) groups excluding carboxylic acids is 2. The molecule has 0 bridgehead atoms. The van der Waals surface area contributed by atoms with Gasteiger partial charge >= 0.3 is 0 Å². The van der Waals surface area contributed by atoms with Crippen molar-refractivity contribution in [3.8, 4) is 11.5 Å². The summed E-state index contributed by atoms with van der Waals surface area (Å²) in [5.41, 5.74) is 1.10. The molecule has 130 valence electrons. The molecule has 1 N–H and O–H groups in total. The van der Waals surface area contributed by atoms with Crippen molar-refractivity contribution in [1.29, 1.82) is 0 Å². The van der Waals surface area contributed by atoms with Crippen LogP contribution in [0.25, 0.3) is 0 Å². The Labute approximate surface area is 150 Å². The van der Waals surface area contributed by atoms with E-state index in [2.05, 4.69) is 5.32 Å². The molecule has 0 saturated carbocycles. The lowest BCUT2D eigenvalue weighted by molar-refractivity contribution is -0.127. The van der Waals surface area contributed by atoms with Crippen LogP contribution in [0.15, 0.2) is 42.5 Å². The van der Waals surface area contributed by atoms with E-state index in [9.17, 15) is 9.59 Å². The number of fused-ring (bicyclic) bond motifs is 1. The van der Waals surface area contributed by atoms with Gasteiger partial charge in [-0.25, -0.2) is 0 Å². The van der Waals surface area contributed by atoms with E-state index in [1.165, 1.54) is 12.0 Å². The highest BCUT2D eigenvalue weighted by atomic mass is 35.5. The zero-order valence-corrected chi connectivity index (χ0v) is 14.5. The molecule has 0 aliphatic carbocycles. The van der Waals surface area contributed by atoms with Gasteiger partial charge < -0.3 is 14.8 Å². The summed E-state index contributed by atoms with van der Waals surface area (Å²) < 4.78 is 10.6. The summed E-state index contributed by atoms with van der Waals surface area (Å²) in [7, 11) is 1.52. The second-order valence-electron chi connectivity index (χ2n) is 5.55. The number of hydrogen-bond donors (Lipinski definition) is 1. The van der Waals surface area contributed by atoms with Gasteiger partial charge in [0.05, 0.1) is 17.8 Å². The van der Waals surface area contributed by atoms with E-state index < -0.39 is 6.10 Å². The standard InChI is InChI=1S/C18H17ClN2O4/c1-11-18(23)21(14-5-3-4-6-16(14)25-11)10-17(22)20-12-7-8-15(24-2)13(19)9-12/h3-9,11H,10H2,1-2H3,(H,20,22). The third kappa shape index (κ3) is 3.53. The molecule has 1 aliphatic heterocycles. The van der Waals surface area contributed by atoms with Crippen molar-refractivity contribution < 1.29 is 19.1 Å². The highest BCUT2D eigenvalue weighted by Gasteiger charge is 2.32. The molecule has 0 spiro atoms. The second-order valence-corrected chi connectivity index (χ2v) is 5.96. The van der Waals surface area contributed by atoms with E-state index in [1.807, 2.05) is 6.07 Å². The molecule has 1 aliphatic rings. The molecule has 1 unspecified atom stereocenters. The van der Waals surface area contributed by atoms with Crippen LogP contribution >= 0.6 is 11.6 Å². The van der Waals surface area contributed by atoms with Gasteiger partial charge in [-0.3, -0.25) is 14.5 Å². The summed E-state index contributed by atoms with van der Waals surface area (Å²) in [4.78, 5) is 26.2. The smallest absolute Gasteiger partial charge is 0.268 e. The van der Waals surface area contributed by atoms with Crippen molar-refractivity contribution in [2.24, 2.45) is 0 Å². The van der Waals surface area contributed by atoms with Gasteiger partial charge in [0.1, 0.15) is 18.0 Å². The monoisotopic (exact) mass is 360 g/mol. The Morgan fingerprint density at radius 3 is 2.80 bits per heavy atom. The molecule has 2 aromatic rings. The minimum Gasteiger partial charge on any atom is -0.495 e. The molecule has 0 aromatic heterocycles. The number of ether oxygens (including phenoxy) is 2. The van der Waals surface area contributed by atoms with Crippen LogP contribution in [0.4, 0.5) is 11.4 Å². The summed E-state index contributed by atoms with van der Waals surface area (Å²) in [6, 6.07) is 12.1. The van der Waals surface area contributed by atoms with Gasteiger partial charge in [0.25, 0.3) is 5.91 Å². The predicted octanol–water partition coefficient (Wildman–Crippen LogP) is 3.10. The first-order valence-corrected chi connectivity index (χ1v) is 8.08. The molecule has 1 heterocycles. The normalized spacial score (nSPS) is 16.0. The van der Waals surface area contributed by atoms with Crippen molar-refractivity contribution in [2.75, 3.05) is 23.9 Å². The molecular weight excluding hydrogens is 344 g/mol. The minimum atomic E-state index is -0.641. The number of halogens is 1. The summed E-state index contributed by atoms with van der Waals surface area (Å²) >= 11 is 6.06. The van der Waals surface area contributed by atoms with E-state index in [0.717, 1.165) is 0 Å². The van der Waals surface area contributed by atoms with Crippen molar-refractivity contribution in [1.82, 2.24) is 0 Å². The predicted molar refractivity (Wildman–Crippen MR) is 95.5 cm³/mol. The molecule has 0 fully saturated rings. The first-order chi connectivity index (χ1) is 12.0. The fourth-order valence-corrected chi connectivity index (χ4v) is 2.87. The van der Waals surface area contributed by atoms with E-state index in [-0.39, 0.29) is 18.4 Å². The molecule has 0 saturated heterocycles. The Kier molecular flexibility index (Phi) is 4.81. The van der Waals surface area contributed by atoms with Crippen LogP contribution in [-0.4, -0.2) is 31.6 Å². The van der Waals surface area contributed by atoms with Gasteiger partial charge in [-0.15, -0.1) is 0 Å². The molecule has 2 amide bonds. The highest BCUT2D eigenvalue weighted by molar-refractivity contribution is 6.32. The molecule has 7 heteroatoms. The summed E-state index contributed by atoms with van der Waals surface area (Å²) in [5, 5.41) is 3.12. The van der Waals surface area contributed by atoms with Gasteiger partial charge in [0.15, 0.2) is 6.10 Å². The zero-order chi connectivity index (χ0) is 18.0. The van der Waals surface area contributed by atoms with Crippen molar-refractivity contribution in [2.45, 2.75) is 13.0 Å². The number of para-hydroxylation sites is 2. The number of methoxy groups -OCH3 is 1. The summed E-state index contributed by atoms with van der Waals surface area (Å²) in [6.07, 6.45) is -0.641. The topological polar surface area (TPSA) is 67.9 Å². The minimum absolute atomic E-state index is 0.118. The maximum Gasteiger partial charge on any atom is 0.268 e. The number of nitrogens with one attached hydrogen (secondary N) is 1. The Hall–Kier alpha value is -2.73. The average molecular weight is 361 g/mol. The number of benzene rings is 2. The Morgan fingerprint density at radius 1 is 1.32 bits per heavy atom. The Morgan fingerprint density at radius 2 is 2.08 bits per heavy atom. The fourth-order valence-electron chi connectivity index (χ4n) is 2.61. The first kappa shape index (κ1) is 17.1. The molecular formula is C18H17ClN2O4. The summed E-state index contributed by atoms with van der Waals surface area (Å²) in [5.74, 6) is 0.501. The Balaban J connectivity index is 1.76. The molecule has 1 atom stereocenters. The lowest BCUT2D eigenvalue weighted by atomic mass is 10.2. The number of nitrogens with zero attached hydrogens (tertiary/aromatic N) is 1. The molecule has 25 heavy (non-hydrogen) atoms. The van der Waals surface area contributed by atoms with Crippen molar-refractivity contribution >= 4 is 34.8 Å². The van der Waals surface area contributed by atoms with Crippen LogP contribution < -0.4 is 19.7 Å². The molecule has 2 aromatic carbocycles. The van der Waals surface area contributed by atoms with Crippen LogP contribution in [0.5, 0.6) is 11.5 Å². The van der Waals surface area contributed by atoms with Crippen LogP contribution in [0, 0.1) is 0 Å². The average Bonchev–Trinajstić information content (AvgIpc) is 2.59. The van der Waals surface area contributed by atoms with Gasteiger partial charge in [0.2, 0.25) is 5.91 Å². The lowest BCUT2D eigenvalue weighted by Crippen LogP contribution is -2.47. The number of hydrogen-bond acceptors (Lipinski definition) is 4. The van der Waals surface area contributed by atoms with Crippen LogP contribution in [0.2, 0.25) is 5.02 Å². The number of rotatable bonds is 4. The first-order valence-electron chi connectivity index (χ1n) is 7.70. The third-order valence-corrected chi connectivity index (χ3v) is 4.11. The molecule has 3 rings (SSSR count). The van der Waals surface area contributed by atoms with Gasteiger partial charge in [-0.1, -0.05) is 23.7 Å². The maximum atomic E-state index is 12.4. The Bertz CT molecular complexity index is 824. The zero-order valence-electron chi connectivity index (χ0n) is 13.8. The quantitative estimate of drug-likeness (QED) is 0.909. The summed E-state index contributed by atoms with van der Waals surface area (Å²) in [6.45, 7) is 1.54. The van der Waals surface area contributed by atoms with Crippen LogP contribution in [-0.2, 0) is 9.59 Å². The number of amides is 2. The number of carbonyl (C=O) groups is 2. The van der Waals surface area contributed by atoms with Crippen molar-refractivity contribution in [3.63, 3.8) is 0 Å². The van der Waals surface area contributed by atoms with E-state index in [0.29, 0.717) is 27.9 Å². The van der Waals surface area contributed by atoms with Crippen LogP contribution in [0.3, 0.4) is 0 Å². The largest absolute Gasteiger partial charge is 0.495 e.